The van der Waals surface area contributed by atoms with E-state index in [1.165, 1.54) is 15.5 Å². The Bertz CT molecular complexity index is 1120. The Hall–Kier alpha value is -2.87. The number of nitrogens with one attached hydrogen (secondary N) is 1. The molecular formula is C26H25N2PS. The molecule has 30 heavy (non-hydrogen) atoms. The van der Waals surface area contributed by atoms with Gasteiger partial charge in [0.1, 0.15) is 0 Å². The Labute approximate surface area is 183 Å². The van der Waals surface area contributed by atoms with E-state index in [0.717, 1.165) is 28.7 Å². The minimum absolute atomic E-state index is 0.328. The molecule has 150 valence electrons. The molecule has 0 spiro atoms. The van der Waals surface area contributed by atoms with Crippen LogP contribution in [0.1, 0.15) is 12.5 Å². The van der Waals surface area contributed by atoms with Crippen molar-refractivity contribution >= 4 is 46.9 Å². The average molecular weight is 429 g/mol. The lowest BCUT2D eigenvalue weighted by molar-refractivity contribution is 1.50. The van der Waals surface area contributed by atoms with Gasteiger partial charge in [0.15, 0.2) is 0 Å². The molecule has 4 rings (SSSR count). The highest BCUT2D eigenvalue weighted by Crippen LogP contribution is 2.34. The zero-order valence-corrected chi connectivity index (χ0v) is 18.7. The summed E-state index contributed by atoms with van der Waals surface area (Å²) in [5, 5.41) is 8.30. The summed E-state index contributed by atoms with van der Waals surface area (Å²) < 4.78 is 0. The van der Waals surface area contributed by atoms with Crippen LogP contribution in [0.2, 0.25) is 0 Å². The molecule has 1 aromatic heterocycles. The van der Waals surface area contributed by atoms with Crippen molar-refractivity contribution in [2.75, 3.05) is 17.2 Å². The molecule has 0 aliphatic rings. The summed E-state index contributed by atoms with van der Waals surface area (Å²) in [5.74, 6) is 0. The lowest BCUT2D eigenvalue weighted by Gasteiger charge is -2.18. The molecule has 3 N–H and O–H groups in total. The minimum Gasteiger partial charge on any atom is -0.397 e. The molecule has 1 unspecified atom stereocenters. The van der Waals surface area contributed by atoms with Crippen molar-refractivity contribution in [1.82, 2.24) is 0 Å². The fourth-order valence-corrected chi connectivity index (χ4v) is 6.25. The molecule has 0 fully saturated rings. The second-order valence-electron chi connectivity index (χ2n) is 7.01. The van der Waals surface area contributed by atoms with Gasteiger partial charge in [-0.25, -0.2) is 0 Å². The quantitative estimate of drug-likeness (QED) is 0.259. The van der Waals surface area contributed by atoms with Crippen LogP contribution in [-0.2, 0) is 0 Å². The van der Waals surface area contributed by atoms with Gasteiger partial charge in [0, 0.05) is 10.6 Å². The summed E-state index contributed by atoms with van der Waals surface area (Å²) in [5.41, 5.74) is 10.9. The van der Waals surface area contributed by atoms with Crippen molar-refractivity contribution in [1.29, 1.82) is 0 Å². The normalized spacial score (nSPS) is 11.8. The second kappa shape index (κ2) is 9.30. The lowest BCUT2D eigenvalue weighted by atomic mass is 10.1. The molecule has 0 saturated carbocycles. The van der Waals surface area contributed by atoms with E-state index in [9.17, 15) is 0 Å². The fourth-order valence-electron chi connectivity index (χ4n) is 3.46. The highest BCUT2D eigenvalue weighted by atomic mass is 32.1. The van der Waals surface area contributed by atoms with Crippen molar-refractivity contribution < 1.29 is 0 Å². The molecule has 0 aliphatic carbocycles. The van der Waals surface area contributed by atoms with E-state index in [4.69, 9.17) is 5.73 Å². The van der Waals surface area contributed by atoms with Crippen LogP contribution < -0.4 is 21.7 Å². The first-order valence-electron chi connectivity index (χ1n) is 9.98. The lowest BCUT2D eigenvalue weighted by Crippen LogP contribution is -2.13. The van der Waals surface area contributed by atoms with Gasteiger partial charge < -0.3 is 11.1 Å². The van der Waals surface area contributed by atoms with Crippen LogP contribution in [-0.4, -0.2) is 6.16 Å². The summed E-state index contributed by atoms with van der Waals surface area (Å²) in [6.07, 6.45) is 1.13. The molecule has 3 aromatic carbocycles. The van der Waals surface area contributed by atoms with Gasteiger partial charge in [-0.1, -0.05) is 80.2 Å². The van der Waals surface area contributed by atoms with Gasteiger partial charge in [0.25, 0.3) is 0 Å². The Balaban J connectivity index is 1.53. The maximum absolute atomic E-state index is 6.22. The van der Waals surface area contributed by atoms with Crippen molar-refractivity contribution in [3.8, 4) is 10.4 Å². The van der Waals surface area contributed by atoms with Gasteiger partial charge in [-0.2, -0.15) is 0 Å². The predicted octanol–water partition coefficient (Wildman–Crippen LogP) is 6.53. The van der Waals surface area contributed by atoms with E-state index in [1.54, 1.807) is 11.3 Å². The van der Waals surface area contributed by atoms with Crippen LogP contribution in [0.5, 0.6) is 0 Å². The molecule has 2 nitrogen and oxygen atoms in total. The van der Waals surface area contributed by atoms with E-state index in [2.05, 4.69) is 103 Å². The van der Waals surface area contributed by atoms with Crippen molar-refractivity contribution in [3.63, 3.8) is 0 Å². The highest BCUT2D eigenvalue weighted by molar-refractivity contribution is 7.72. The molecule has 0 bridgehead atoms. The van der Waals surface area contributed by atoms with Gasteiger partial charge in [0.2, 0.25) is 0 Å². The summed E-state index contributed by atoms with van der Waals surface area (Å²) in [6, 6.07) is 29.8. The van der Waals surface area contributed by atoms with Crippen LogP contribution in [0.15, 0.2) is 96.9 Å². The molecule has 1 atom stereocenters. The van der Waals surface area contributed by atoms with Gasteiger partial charge in [-0.3, -0.25) is 0 Å². The molecule has 0 radical (unpaired) electrons. The number of rotatable bonds is 7. The van der Waals surface area contributed by atoms with Crippen LogP contribution >= 0.6 is 19.3 Å². The summed E-state index contributed by atoms with van der Waals surface area (Å²) in [6.45, 7) is 6.51. The Morgan fingerprint density at radius 1 is 0.933 bits per heavy atom. The van der Waals surface area contributed by atoms with Gasteiger partial charge >= 0.3 is 0 Å². The monoisotopic (exact) mass is 428 g/mol. The van der Waals surface area contributed by atoms with Crippen molar-refractivity contribution in [2.45, 2.75) is 6.92 Å². The molecule has 0 saturated heterocycles. The van der Waals surface area contributed by atoms with Crippen LogP contribution in [0.25, 0.3) is 16.1 Å². The Morgan fingerprint density at radius 3 is 2.33 bits per heavy atom. The number of anilines is 2. The van der Waals surface area contributed by atoms with Crippen LogP contribution in [0, 0.1) is 0 Å². The predicted molar refractivity (Wildman–Crippen MR) is 136 cm³/mol. The number of nitrogens with two attached hydrogens (primary N) is 1. The Morgan fingerprint density at radius 2 is 1.67 bits per heavy atom. The number of thiophene rings is 1. The number of hydrogen-bond acceptors (Lipinski definition) is 3. The van der Waals surface area contributed by atoms with E-state index in [-0.39, 0.29) is 7.92 Å². The first-order valence-corrected chi connectivity index (χ1v) is 12.4. The van der Waals surface area contributed by atoms with Crippen LogP contribution in [0.4, 0.5) is 11.4 Å². The smallest absolute Gasteiger partial charge is 0.0624 e. The van der Waals surface area contributed by atoms with Crippen molar-refractivity contribution in [3.05, 3.63) is 102 Å². The molecule has 1 heterocycles. The first-order chi connectivity index (χ1) is 14.7. The molecule has 4 aromatic rings. The Kier molecular flexibility index (Phi) is 6.32. The van der Waals surface area contributed by atoms with E-state index in [1.807, 2.05) is 6.07 Å². The van der Waals surface area contributed by atoms with Crippen LogP contribution in [0.3, 0.4) is 0 Å². The third-order valence-corrected chi connectivity index (χ3v) is 8.45. The fraction of sp³-hybridized carbons (Fsp3) is 0.0769. The highest BCUT2D eigenvalue weighted by Gasteiger charge is 2.12. The molecule has 0 aliphatic heterocycles. The topological polar surface area (TPSA) is 38.0 Å². The number of hydrogen-bond donors (Lipinski definition) is 2. The van der Waals surface area contributed by atoms with E-state index in [0.29, 0.717) is 5.69 Å². The summed E-state index contributed by atoms with van der Waals surface area (Å²) in [7, 11) is -0.328. The number of benzene rings is 3. The minimum atomic E-state index is -0.328. The maximum atomic E-state index is 6.22. The third-order valence-electron chi connectivity index (χ3n) is 5.06. The first kappa shape index (κ1) is 20.4. The summed E-state index contributed by atoms with van der Waals surface area (Å²) in [4.78, 5) is 1.22. The molecule has 4 heteroatoms. The average Bonchev–Trinajstić information content (AvgIpc) is 3.32. The standard InChI is InChI=1S/C26H25N2PS/c1-3-29(22-8-5-4-6-9-22)23-14-11-20(12-15-23)19(2)28-25-18-21(13-16-24(25)27)26-10-7-17-30-26/h4-18,28H,2-3,27H2,1H3. The van der Waals surface area contributed by atoms with E-state index < -0.39 is 0 Å². The SMILES string of the molecule is C=C(Nc1cc(-c2cccs2)ccc1N)c1ccc(P(CC)c2ccccc2)cc1. The second-order valence-corrected chi connectivity index (χ2v) is 10.5. The largest absolute Gasteiger partial charge is 0.397 e. The van der Waals surface area contributed by atoms with Gasteiger partial charge in [0.05, 0.1) is 11.4 Å². The molecule has 0 amide bonds. The third kappa shape index (κ3) is 4.48. The zero-order chi connectivity index (χ0) is 20.9. The zero-order valence-electron chi connectivity index (χ0n) is 17.0. The summed E-state index contributed by atoms with van der Waals surface area (Å²) >= 11 is 1.72. The number of nitrogen functional groups attached to an aromatic ring is 1. The van der Waals surface area contributed by atoms with Gasteiger partial charge in [-0.15, -0.1) is 11.3 Å². The van der Waals surface area contributed by atoms with Gasteiger partial charge in [-0.05, 0) is 59.4 Å². The van der Waals surface area contributed by atoms with Crippen molar-refractivity contribution in [2.24, 2.45) is 0 Å². The molecular weight excluding hydrogens is 403 g/mol. The maximum Gasteiger partial charge on any atom is 0.0624 e. The van der Waals surface area contributed by atoms with E-state index >= 15 is 0 Å².